The number of benzene rings is 1. The average molecular weight is 511 g/mol. The van der Waals surface area contributed by atoms with Crippen molar-refractivity contribution in [3.05, 3.63) is 78.0 Å². The van der Waals surface area contributed by atoms with Gasteiger partial charge in [-0.1, -0.05) is 12.1 Å². The fourth-order valence-corrected chi connectivity index (χ4v) is 5.07. The van der Waals surface area contributed by atoms with Gasteiger partial charge in [-0.2, -0.15) is 0 Å². The number of nitrogens with zero attached hydrogens (tertiary/aromatic N) is 3. The summed E-state index contributed by atoms with van der Waals surface area (Å²) in [6, 6.07) is 5.13. The molecule has 3 aromatic rings. The number of carbonyl (C=O) groups is 1. The lowest BCUT2D eigenvalue weighted by Crippen LogP contribution is -2.61. The summed E-state index contributed by atoms with van der Waals surface area (Å²) in [6.07, 6.45) is 3.89. The second kappa shape index (κ2) is 9.62. The number of hydrogen-bond acceptors (Lipinski definition) is 8. The number of rotatable bonds is 2. The van der Waals surface area contributed by atoms with Crippen molar-refractivity contribution in [2.24, 2.45) is 17.4 Å². The molecule has 4 atom stereocenters. The highest BCUT2D eigenvalue weighted by atomic mass is 19.1. The maximum Gasteiger partial charge on any atom is 0.276 e. The molecule has 4 unspecified atom stereocenters. The second-order valence-electron chi connectivity index (χ2n) is 8.99. The third-order valence-corrected chi connectivity index (χ3v) is 6.73. The Morgan fingerprint density at radius 2 is 1.97 bits per heavy atom. The van der Waals surface area contributed by atoms with Crippen molar-refractivity contribution in [2.75, 3.05) is 29.0 Å². The van der Waals surface area contributed by atoms with Crippen molar-refractivity contribution in [3.63, 3.8) is 0 Å². The van der Waals surface area contributed by atoms with Gasteiger partial charge >= 0.3 is 0 Å². The average Bonchev–Trinajstić information content (AvgIpc) is 2.87. The van der Waals surface area contributed by atoms with Gasteiger partial charge in [0.25, 0.3) is 5.91 Å². The van der Waals surface area contributed by atoms with Gasteiger partial charge in [0, 0.05) is 55.3 Å². The van der Waals surface area contributed by atoms with Crippen LogP contribution in [0.1, 0.15) is 22.2 Å². The van der Waals surface area contributed by atoms with Crippen LogP contribution >= 0.6 is 0 Å². The molecule has 1 aromatic carbocycles. The van der Waals surface area contributed by atoms with E-state index in [2.05, 4.69) is 20.6 Å². The zero-order valence-electron chi connectivity index (χ0n) is 19.5. The van der Waals surface area contributed by atoms with E-state index in [4.69, 9.17) is 17.2 Å². The number of nitrogen functional groups attached to an aromatic ring is 1. The van der Waals surface area contributed by atoms with Crippen LogP contribution < -0.4 is 32.7 Å². The molecule has 2 aliphatic rings. The summed E-state index contributed by atoms with van der Waals surface area (Å²) in [5.74, 6) is -3.48. The number of fused-ring (bicyclic) bond motifs is 8. The van der Waals surface area contributed by atoms with Gasteiger partial charge in [-0.05, 0) is 17.7 Å². The van der Waals surface area contributed by atoms with Crippen molar-refractivity contribution in [2.45, 2.75) is 18.3 Å². The summed E-state index contributed by atoms with van der Waals surface area (Å²) in [6.45, 7) is 0.425. The van der Waals surface area contributed by atoms with E-state index in [1.165, 1.54) is 36.9 Å². The van der Waals surface area contributed by atoms with Crippen LogP contribution in [0.3, 0.4) is 0 Å². The smallest absolute Gasteiger partial charge is 0.276 e. The van der Waals surface area contributed by atoms with Crippen molar-refractivity contribution < 1.29 is 18.0 Å². The fourth-order valence-electron chi connectivity index (χ4n) is 5.07. The number of nitrogens with two attached hydrogens (primary N) is 3. The standard InChI is InChI=1S/C25H25F3N8O/c26-14-3-1-2-12-20(14)23-15(27)8-16(30)24(35-23)25(37)34-18-9-32-6-4-19(18)36-10-13(21(12)28)22(17(31)11-36)33-7-5-29/h1-9,13,17,21-22,33H,10-11,29-31H2,(H,34,37)/b7-5-. The van der Waals surface area contributed by atoms with Gasteiger partial charge in [-0.3, -0.25) is 9.78 Å². The van der Waals surface area contributed by atoms with Crippen LogP contribution in [0.15, 0.2) is 55.1 Å². The minimum atomic E-state index is -1.81. The van der Waals surface area contributed by atoms with E-state index in [0.29, 0.717) is 17.9 Å². The topological polar surface area (TPSA) is 148 Å². The summed E-state index contributed by atoms with van der Waals surface area (Å²) >= 11 is 0. The number of piperidine rings is 1. The van der Waals surface area contributed by atoms with Crippen LogP contribution in [0.4, 0.5) is 30.2 Å². The number of amides is 1. The van der Waals surface area contributed by atoms with Crippen molar-refractivity contribution in [3.8, 4) is 11.3 Å². The number of nitrogens with one attached hydrogen (secondary N) is 2. The predicted octanol–water partition coefficient (Wildman–Crippen LogP) is 2.43. The number of alkyl halides is 1. The summed E-state index contributed by atoms with van der Waals surface area (Å²) < 4.78 is 47.0. The molecule has 1 saturated heterocycles. The highest BCUT2D eigenvalue weighted by Crippen LogP contribution is 2.42. The third-order valence-electron chi connectivity index (χ3n) is 6.73. The third kappa shape index (κ3) is 4.29. The molecule has 2 aliphatic heterocycles. The Morgan fingerprint density at radius 1 is 1.16 bits per heavy atom. The number of halogens is 3. The number of pyridine rings is 2. The maximum atomic E-state index is 16.6. The van der Waals surface area contributed by atoms with E-state index in [-0.39, 0.29) is 23.5 Å². The van der Waals surface area contributed by atoms with E-state index in [1.807, 2.05) is 4.90 Å². The largest absolute Gasteiger partial charge is 0.403 e. The van der Waals surface area contributed by atoms with Crippen LogP contribution in [-0.4, -0.2) is 41.0 Å². The van der Waals surface area contributed by atoms with Crippen LogP contribution in [0.5, 0.6) is 0 Å². The molecule has 1 amide bonds. The summed E-state index contributed by atoms with van der Waals surface area (Å²) in [5, 5.41) is 5.75. The van der Waals surface area contributed by atoms with Gasteiger partial charge in [-0.25, -0.2) is 18.2 Å². The molecule has 2 aromatic heterocycles. The first-order valence-corrected chi connectivity index (χ1v) is 11.6. The minimum absolute atomic E-state index is 0.126. The minimum Gasteiger partial charge on any atom is -0.403 e. The van der Waals surface area contributed by atoms with Crippen LogP contribution in [-0.2, 0) is 0 Å². The Balaban J connectivity index is 1.77. The van der Waals surface area contributed by atoms with Crippen LogP contribution in [0, 0.1) is 17.6 Å². The SMILES string of the molecule is N/C=C\NC1C(N)CN2CC1C(F)c1cccc(F)c1-c1nc(c(N)cc1F)C(=O)Nc1cnccc12. The highest BCUT2D eigenvalue weighted by Gasteiger charge is 2.42. The zero-order chi connectivity index (χ0) is 26.3. The van der Waals surface area contributed by atoms with E-state index in [9.17, 15) is 4.79 Å². The Kier molecular flexibility index (Phi) is 6.34. The fraction of sp³-hybridized carbons (Fsp3) is 0.240. The predicted molar refractivity (Wildman–Crippen MR) is 134 cm³/mol. The molecule has 1 fully saturated rings. The van der Waals surface area contributed by atoms with E-state index >= 15 is 13.2 Å². The van der Waals surface area contributed by atoms with Gasteiger partial charge in [-0.15, -0.1) is 0 Å². The molecule has 192 valence electrons. The zero-order valence-corrected chi connectivity index (χ0v) is 19.5. The molecule has 0 aliphatic carbocycles. The van der Waals surface area contributed by atoms with Gasteiger partial charge in [0.2, 0.25) is 0 Å². The number of anilines is 3. The summed E-state index contributed by atoms with van der Waals surface area (Å²) in [7, 11) is 0. The molecule has 37 heavy (non-hydrogen) atoms. The van der Waals surface area contributed by atoms with Crippen LogP contribution in [0.2, 0.25) is 0 Å². The molecular weight excluding hydrogens is 485 g/mol. The quantitative estimate of drug-likeness (QED) is 0.353. The first-order chi connectivity index (χ1) is 17.8. The Bertz CT molecular complexity index is 1380. The molecule has 0 saturated carbocycles. The lowest BCUT2D eigenvalue weighted by atomic mass is 9.81. The molecular formula is C25H25F3N8O. The lowest BCUT2D eigenvalue weighted by Gasteiger charge is -2.45. The molecule has 5 rings (SSSR count). The normalized spacial score (nSPS) is 23.2. The Labute approximate surface area is 210 Å². The Morgan fingerprint density at radius 3 is 2.76 bits per heavy atom. The number of carbonyl (C=O) groups excluding carboxylic acids is 1. The van der Waals surface area contributed by atoms with E-state index in [1.54, 1.807) is 6.07 Å². The molecule has 0 spiro atoms. The van der Waals surface area contributed by atoms with E-state index < -0.39 is 53.0 Å². The lowest BCUT2D eigenvalue weighted by molar-refractivity contribution is 0.102. The Hall–Kier alpha value is -4.32. The van der Waals surface area contributed by atoms with Gasteiger partial charge in [0.15, 0.2) is 11.5 Å². The maximum absolute atomic E-state index is 16.6. The number of aromatic nitrogens is 2. The van der Waals surface area contributed by atoms with Gasteiger partial charge in [0.05, 0.1) is 29.3 Å². The molecule has 0 radical (unpaired) electrons. The first kappa shape index (κ1) is 24.4. The molecule has 4 heterocycles. The number of hydrogen-bond donors (Lipinski definition) is 5. The van der Waals surface area contributed by atoms with Crippen molar-refractivity contribution in [1.82, 2.24) is 15.3 Å². The van der Waals surface area contributed by atoms with Crippen molar-refractivity contribution >= 4 is 23.0 Å². The van der Waals surface area contributed by atoms with E-state index in [0.717, 1.165) is 12.1 Å². The molecule has 12 heteroatoms. The molecule has 4 bridgehead atoms. The molecule has 8 N–H and O–H groups in total. The summed E-state index contributed by atoms with van der Waals surface area (Å²) in [5.41, 5.74) is 17.1. The summed E-state index contributed by atoms with van der Waals surface area (Å²) in [4.78, 5) is 23.2. The highest BCUT2D eigenvalue weighted by molar-refractivity contribution is 6.08. The van der Waals surface area contributed by atoms with Gasteiger partial charge < -0.3 is 32.7 Å². The van der Waals surface area contributed by atoms with Gasteiger partial charge in [0.1, 0.15) is 17.7 Å². The van der Waals surface area contributed by atoms with Crippen LogP contribution in [0.25, 0.3) is 11.3 Å². The second-order valence-corrected chi connectivity index (χ2v) is 8.99. The monoisotopic (exact) mass is 510 g/mol. The van der Waals surface area contributed by atoms with Crippen molar-refractivity contribution in [1.29, 1.82) is 0 Å². The first-order valence-electron chi connectivity index (χ1n) is 11.6. The molecule has 9 nitrogen and oxygen atoms in total.